The third kappa shape index (κ3) is 7.10. The average molecular weight is 606 g/mol. The monoisotopic (exact) mass is 604 g/mol. The van der Waals surface area contributed by atoms with E-state index in [4.69, 9.17) is 46.4 Å². The summed E-state index contributed by atoms with van der Waals surface area (Å²) in [6.07, 6.45) is -4.73. The fourth-order valence-electron chi connectivity index (χ4n) is 2.70. The lowest BCUT2D eigenvalue weighted by molar-refractivity contribution is -0.137. The fourth-order valence-corrected chi connectivity index (χ4v) is 5.51. The van der Waals surface area contributed by atoms with Crippen LogP contribution in [0.2, 0.25) is 20.1 Å². The summed E-state index contributed by atoms with van der Waals surface area (Å²) < 4.78 is 72.4. The molecule has 35 heavy (non-hydrogen) atoms. The van der Waals surface area contributed by atoms with Gasteiger partial charge < -0.3 is 10.6 Å². The molecule has 0 aliphatic heterocycles. The Bertz CT molecular complexity index is 1420. The summed E-state index contributed by atoms with van der Waals surface area (Å²) in [5, 5.41) is 4.25. The molecular formula is C20H11Cl4F3N2O4S2. The van der Waals surface area contributed by atoms with Gasteiger partial charge in [0, 0.05) is 20.5 Å². The van der Waals surface area contributed by atoms with Gasteiger partial charge in [0.15, 0.2) is 0 Å². The number of urea groups is 1. The van der Waals surface area contributed by atoms with Gasteiger partial charge in [0.25, 0.3) is 10.1 Å². The Morgan fingerprint density at radius 3 is 2.14 bits per heavy atom. The smallest absolute Gasteiger partial charge is 0.308 e. The van der Waals surface area contributed by atoms with Gasteiger partial charge in [0.1, 0.15) is 4.90 Å². The molecule has 0 unspecified atom stereocenters. The van der Waals surface area contributed by atoms with Crippen LogP contribution in [0.5, 0.6) is 0 Å². The van der Waals surface area contributed by atoms with Crippen molar-refractivity contribution in [2.45, 2.75) is 20.9 Å². The van der Waals surface area contributed by atoms with E-state index < -0.39 is 37.8 Å². The van der Waals surface area contributed by atoms with Gasteiger partial charge in [-0.15, -0.1) is 0 Å². The maximum Gasteiger partial charge on any atom is 0.417 e. The topological polar surface area (TPSA) is 95.5 Å². The van der Waals surface area contributed by atoms with Crippen molar-refractivity contribution in [3.8, 4) is 0 Å². The lowest BCUT2D eigenvalue weighted by Gasteiger charge is -2.15. The first-order chi connectivity index (χ1) is 16.1. The minimum atomic E-state index is -4.73. The second-order valence-electron chi connectivity index (χ2n) is 6.70. The second kappa shape index (κ2) is 10.6. The van der Waals surface area contributed by atoms with Gasteiger partial charge in [-0.2, -0.15) is 21.6 Å². The van der Waals surface area contributed by atoms with Gasteiger partial charge in [-0.25, -0.2) is 4.79 Å². The molecule has 15 heteroatoms. The summed E-state index contributed by atoms with van der Waals surface area (Å²) in [6, 6.07) is 8.32. The Labute approximate surface area is 221 Å². The van der Waals surface area contributed by atoms with E-state index >= 15 is 0 Å². The normalized spacial score (nSPS) is 11.9. The number of benzene rings is 3. The molecule has 0 atom stereocenters. The number of amides is 2. The first-order valence-corrected chi connectivity index (χ1v) is 12.8. The molecular weight excluding hydrogens is 595 g/mol. The number of alkyl halides is 3. The second-order valence-corrected chi connectivity index (χ2v) is 10.8. The molecule has 3 rings (SSSR count). The average Bonchev–Trinajstić information content (AvgIpc) is 2.72. The van der Waals surface area contributed by atoms with E-state index in [1.165, 1.54) is 30.3 Å². The molecule has 0 bridgehead atoms. The van der Waals surface area contributed by atoms with E-state index in [2.05, 4.69) is 10.6 Å². The molecule has 0 aromatic heterocycles. The summed E-state index contributed by atoms with van der Waals surface area (Å²) in [4.78, 5) is 12.2. The van der Waals surface area contributed by atoms with Crippen LogP contribution >= 0.6 is 58.2 Å². The van der Waals surface area contributed by atoms with Crippen LogP contribution < -0.4 is 10.6 Å². The molecule has 3 aromatic rings. The van der Waals surface area contributed by atoms with Gasteiger partial charge in [-0.1, -0.05) is 58.2 Å². The third-order valence-electron chi connectivity index (χ3n) is 4.20. The lowest BCUT2D eigenvalue weighted by Crippen LogP contribution is -2.20. The quantitative estimate of drug-likeness (QED) is 0.254. The standard InChI is InChI=1S/C20H11Cl4F3N2O4S2/c21-9-1-4-16(34-17-7-13(23)14(24)8-18(17)35(31,32)33)15(5-9)29-19(30)28-10-2-3-12(22)11(6-10)20(25,26)27/h1-8H,(H2,28,29,30)(H,31,32,33). The van der Waals surface area contributed by atoms with E-state index in [1.807, 2.05) is 0 Å². The van der Waals surface area contributed by atoms with E-state index in [9.17, 15) is 30.9 Å². The van der Waals surface area contributed by atoms with Gasteiger partial charge in [-0.05, 0) is 48.5 Å². The highest BCUT2D eigenvalue weighted by Crippen LogP contribution is 2.41. The van der Waals surface area contributed by atoms with E-state index in [-0.39, 0.29) is 36.2 Å². The zero-order valence-corrected chi connectivity index (χ0v) is 21.4. The van der Waals surface area contributed by atoms with E-state index in [0.717, 1.165) is 23.9 Å². The first kappa shape index (κ1) is 27.7. The molecule has 0 aliphatic carbocycles. The van der Waals surface area contributed by atoms with Gasteiger partial charge in [-0.3, -0.25) is 4.55 Å². The maximum absolute atomic E-state index is 13.1. The predicted octanol–water partition coefficient (Wildman–Crippen LogP) is 8.36. The molecule has 0 spiro atoms. The molecule has 0 saturated carbocycles. The Hall–Kier alpha value is -1.86. The summed E-state index contributed by atoms with van der Waals surface area (Å²) >= 11 is 24.2. The number of carbonyl (C=O) groups is 1. The molecule has 0 radical (unpaired) electrons. The van der Waals surface area contributed by atoms with Gasteiger partial charge in [0.05, 0.1) is 26.3 Å². The van der Waals surface area contributed by atoms with Crippen LogP contribution in [-0.2, 0) is 16.3 Å². The molecule has 0 fully saturated rings. The SMILES string of the molecule is O=C(Nc1ccc(Cl)c(C(F)(F)F)c1)Nc1cc(Cl)ccc1Sc1cc(Cl)c(Cl)cc1S(=O)(=O)O. The van der Waals surface area contributed by atoms with Crippen LogP contribution in [0.25, 0.3) is 0 Å². The van der Waals surface area contributed by atoms with Crippen molar-refractivity contribution in [3.05, 3.63) is 74.2 Å². The maximum atomic E-state index is 13.1. The zero-order valence-electron chi connectivity index (χ0n) is 16.8. The highest BCUT2D eigenvalue weighted by Gasteiger charge is 2.33. The number of hydrogen-bond acceptors (Lipinski definition) is 4. The van der Waals surface area contributed by atoms with Crippen molar-refractivity contribution < 1.29 is 30.9 Å². The van der Waals surface area contributed by atoms with E-state index in [0.29, 0.717) is 6.07 Å². The number of hydrogen-bond donors (Lipinski definition) is 3. The highest BCUT2D eigenvalue weighted by molar-refractivity contribution is 8.00. The molecule has 0 heterocycles. The summed E-state index contributed by atoms with van der Waals surface area (Å²) in [5.41, 5.74) is -1.24. The third-order valence-corrected chi connectivity index (χ3v) is 7.65. The Morgan fingerprint density at radius 1 is 0.857 bits per heavy atom. The minimum Gasteiger partial charge on any atom is -0.308 e. The summed E-state index contributed by atoms with van der Waals surface area (Å²) in [5.74, 6) is 0. The lowest BCUT2D eigenvalue weighted by atomic mass is 10.2. The number of anilines is 2. The van der Waals surface area contributed by atoms with Crippen LogP contribution in [-0.4, -0.2) is 19.0 Å². The highest BCUT2D eigenvalue weighted by atomic mass is 35.5. The first-order valence-electron chi connectivity index (χ1n) is 9.04. The molecule has 186 valence electrons. The van der Waals surface area contributed by atoms with Crippen molar-refractivity contribution in [1.82, 2.24) is 0 Å². The van der Waals surface area contributed by atoms with Gasteiger partial charge in [0.2, 0.25) is 0 Å². The Morgan fingerprint density at radius 2 is 1.51 bits per heavy atom. The van der Waals surface area contributed by atoms with Crippen molar-refractivity contribution >= 4 is 85.7 Å². The number of nitrogens with one attached hydrogen (secondary N) is 2. The Kier molecular flexibility index (Phi) is 8.42. The molecule has 3 N–H and O–H groups in total. The van der Waals surface area contributed by atoms with Crippen molar-refractivity contribution in [2.75, 3.05) is 10.6 Å². The summed E-state index contributed by atoms with van der Waals surface area (Å²) in [6.45, 7) is 0. The largest absolute Gasteiger partial charge is 0.417 e. The molecule has 3 aromatic carbocycles. The van der Waals surface area contributed by atoms with Crippen molar-refractivity contribution in [3.63, 3.8) is 0 Å². The van der Waals surface area contributed by atoms with Crippen LogP contribution in [0.15, 0.2) is 63.2 Å². The fraction of sp³-hybridized carbons (Fsp3) is 0.0500. The van der Waals surface area contributed by atoms with Crippen molar-refractivity contribution in [1.29, 1.82) is 0 Å². The Balaban J connectivity index is 1.91. The zero-order chi connectivity index (χ0) is 26.1. The number of rotatable bonds is 5. The predicted molar refractivity (Wildman–Crippen MR) is 131 cm³/mol. The molecule has 6 nitrogen and oxygen atoms in total. The summed E-state index contributed by atoms with van der Waals surface area (Å²) in [7, 11) is -4.69. The molecule has 0 saturated heterocycles. The number of halogens is 7. The van der Waals surface area contributed by atoms with Crippen LogP contribution in [0.3, 0.4) is 0 Å². The molecule has 0 aliphatic rings. The van der Waals surface area contributed by atoms with Crippen LogP contribution in [0.4, 0.5) is 29.3 Å². The number of carbonyl (C=O) groups excluding carboxylic acids is 1. The van der Waals surface area contributed by atoms with Crippen LogP contribution in [0.1, 0.15) is 5.56 Å². The van der Waals surface area contributed by atoms with E-state index in [1.54, 1.807) is 0 Å². The minimum absolute atomic E-state index is 0.00555. The van der Waals surface area contributed by atoms with Gasteiger partial charge >= 0.3 is 12.2 Å². The van der Waals surface area contributed by atoms with Crippen molar-refractivity contribution in [2.24, 2.45) is 0 Å². The molecule has 2 amide bonds. The van der Waals surface area contributed by atoms with Crippen LogP contribution in [0, 0.1) is 0 Å².